The van der Waals surface area contributed by atoms with Gasteiger partial charge in [-0.05, 0) is 73.2 Å². The lowest BCUT2D eigenvalue weighted by Crippen LogP contribution is -2.15. The van der Waals surface area contributed by atoms with Gasteiger partial charge in [-0.25, -0.2) is 4.98 Å². The Morgan fingerprint density at radius 1 is 0.683 bits per heavy atom. The van der Waals surface area contributed by atoms with Crippen LogP contribution >= 0.6 is 0 Å². The van der Waals surface area contributed by atoms with Gasteiger partial charge in [0.25, 0.3) is 0 Å². The van der Waals surface area contributed by atoms with Gasteiger partial charge in [-0.3, -0.25) is 24.4 Å². The minimum absolute atomic E-state index is 0.0359. The van der Waals surface area contributed by atoms with Crippen LogP contribution in [0.3, 0.4) is 0 Å². The molecule has 0 bridgehead atoms. The fourth-order valence-electron chi connectivity index (χ4n) is 4.76. The molecule has 212 valence electrons. The standard InChI is InChI=1S/C31H31N3O7/c1-2-19(14-29(35)36)12-22-6-3-8-24(32-22)26-17-21(28-10-5-11-41-28)18-27(34-26)25-9-4-7-23(33-25)13-20(15-30(37)38)16-31(39)40/h3-11,17-20H,2,12-16H2,1H3,(H,35,36)(H,37,38)(H,39,40). The van der Waals surface area contributed by atoms with Crippen molar-refractivity contribution in [1.82, 2.24) is 15.0 Å². The first-order valence-electron chi connectivity index (χ1n) is 13.3. The first kappa shape index (κ1) is 29.1. The molecule has 1 unspecified atom stereocenters. The van der Waals surface area contributed by atoms with Crippen LogP contribution in [0.1, 0.15) is 44.0 Å². The van der Waals surface area contributed by atoms with Crippen molar-refractivity contribution in [2.45, 2.75) is 45.4 Å². The number of aromatic nitrogens is 3. The summed E-state index contributed by atoms with van der Waals surface area (Å²) in [5.74, 6) is -2.98. The largest absolute Gasteiger partial charge is 0.481 e. The molecule has 0 aliphatic rings. The van der Waals surface area contributed by atoms with Gasteiger partial charge in [-0.15, -0.1) is 0 Å². The van der Waals surface area contributed by atoms with E-state index in [1.807, 2.05) is 43.3 Å². The number of nitrogens with zero attached hydrogens (tertiary/aromatic N) is 3. The first-order chi connectivity index (χ1) is 19.7. The van der Waals surface area contributed by atoms with Crippen LogP contribution < -0.4 is 0 Å². The third-order valence-corrected chi connectivity index (χ3v) is 6.73. The van der Waals surface area contributed by atoms with Gasteiger partial charge in [0.05, 0.1) is 29.0 Å². The zero-order chi connectivity index (χ0) is 29.4. The van der Waals surface area contributed by atoms with E-state index in [0.29, 0.717) is 40.7 Å². The second-order valence-corrected chi connectivity index (χ2v) is 9.97. The quantitative estimate of drug-likeness (QED) is 0.177. The van der Waals surface area contributed by atoms with E-state index in [1.54, 1.807) is 30.5 Å². The molecule has 0 saturated heterocycles. The van der Waals surface area contributed by atoms with E-state index in [2.05, 4.69) is 0 Å². The maximum Gasteiger partial charge on any atom is 0.303 e. The highest BCUT2D eigenvalue weighted by molar-refractivity contribution is 5.73. The molecule has 0 amide bonds. The molecule has 0 spiro atoms. The van der Waals surface area contributed by atoms with E-state index in [4.69, 9.17) is 19.4 Å². The van der Waals surface area contributed by atoms with Crippen molar-refractivity contribution in [3.8, 4) is 34.1 Å². The van der Waals surface area contributed by atoms with Gasteiger partial charge >= 0.3 is 17.9 Å². The van der Waals surface area contributed by atoms with Gasteiger partial charge in [0.1, 0.15) is 5.76 Å². The lowest BCUT2D eigenvalue weighted by Gasteiger charge is -2.14. The van der Waals surface area contributed by atoms with Gasteiger partial charge < -0.3 is 19.7 Å². The molecular weight excluding hydrogens is 526 g/mol. The van der Waals surface area contributed by atoms with Crippen LogP contribution in [0.5, 0.6) is 0 Å². The second kappa shape index (κ2) is 13.5. The summed E-state index contributed by atoms with van der Waals surface area (Å²) >= 11 is 0. The Morgan fingerprint density at radius 2 is 1.20 bits per heavy atom. The highest BCUT2D eigenvalue weighted by Crippen LogP contribution is 2.30. The lowest BCUT2D eigenvalue weighted by molar-refractivity contribution is -0.141. The van der Waals surface area contributed by atoms with E-state index in [0.717, 1.165) is 17.7 Å². The Labute approximate surface area is 236 Å². The zero-order valence-electron chi connectivity index (χ0n) is 22.6. The van der Waals surface area contributed by atoms with Crippen molar-refractivity contribution in [2.75, 3.05) is 0 Å². The molecule has 3 N–H and O–H groups in total. The monoisotopic (exact) mass is 557 g/mol. The minimum Gasteiger partial charge on any atom is -0.481 e. The summed E-state index contributed by atoms with van der Waals surface area (Å²) in [7, 11) is 0. The van der Waals surface area contributed by atoms with E-state index in [9.17, 15) is 29.7 Å². The number of carbonyl (C=O) groups is 3. The van der Waals surface area contributed by atoms with Gasteiger partial charge in [-0.2, -0.15) is 0 Å². The van der Waals surface area contributed by atoms with Gasteiger partial charge in [0.15, 0.2) is 0 Å². The number of rotatable bonds is 14. The van der Waals surface area contributed by atoms with Gasteiger partial charge in [0.2, 0.25) is 0 Å². The Hall–Kier alpha value is -4.86. The number of hydrogen-bond acceptors (Lipinski definition) is 7. The number of pyridine rings is 3. The predicted octanol–water partition coefficient (Wildman–Crippen LogP) is 5.62. The van der Waals surface area contributed by atoms with Crippen LogP contribution in [-0.2, 0) is 27.2 Å². The molecule has 10 nitrogen and oxygen atoms in total. The number of furan rings is 1. The van der Waals surface area contributed by atoms with Crippen LogP contribution in [0.4, 0.5) is 0 Å². The van der Waals surface area contributed by atoms with Crippen LogP contribution in [0.2, 0.25) is 0 Å². The summed E-state index contributed by atoms with van der Waals surface area (Å²) < 4.78 is 5.64. The van der Waals surface area contributed by atoms with Crippen LogP contribution in [0.25, 0.3) is 34.1 Å². The molecule has 0 aliphatic heterocycles. The Balaban J connectivity index is 1.71. The van der Waals surface area contributed by atoms with E-state index in [1.165, 1.54) is 0 Å². The van der Waals surface area contributed by atoms with Crippen molar-refractivity contribution in [3.05, 3.63) is 78.3 Å². The molecule has 10 heteroatoms. The molecule has 4 aromatic rings. The van der Waals surface area contributed by atoms with Crippen molar-refractivity contribution in [3.63, 3.8) is 0 Å². The van der Waals surface area contributed by atoms with E-state index in [-0.39, 0.29) is 31.6 Å². The molecule has 41 heavy (non-hydrogen) atoms. The first-order valence-corrected chi connectivity index (χ1v) is 13.3. The van der Waals surface area contributed by atoms with Crippen LogP contribution in [0.15, 0.2) is 71.3 Å². The molecule has 0 fully saturated rings. The third-order valence-electron chi connectivity index (χ3n) is 6.73. The molecule has 4 aromatic heterocycles. The smallest absolute Gasteiger partial charge is 0.303 e. The normalized spacial score (nSPS) is 11.9. The molecule has 0 aromatic carbocycles. The van der Waals surface area contributed by atoms with Gasteiger partial charge in [0, 0.05) is 36.2 Å². The Bertz CT molecular complexity index is 1500. The van der Waals surface area contributed by atoms with Crippen molar-refractivity contribution in [2.24, 2.45) is 11.8 Å². The maximum absolute atomic E-state index is 11.3. The van der Waals surface area contributed by atoms with Crippen molar-refractivity contribution < 1.29 is 34.1 Å². The molecular formula is C31H31N3O7. The summed E-state index contributed by atoms with van der Waals surface area (Å²) in [6.45, 7) is 1.96. The predicted molar refractivity (Wildman–Crippen MR) is 150 cm³/mol. The summed E-state index contributed by atoms with van der Waals surface area (Å²) in [4.78, 5) is 48.1. The average Bonchev–Trinajstić information content (AvgIpc) is 3.47. The van der Waals surface area contributed by atoms with Crippen molar-refractivity contribution >= 4 is 17.9 Å². The van der Waals surface area contributed by atoms with Crippen LogP contribution in [-0.4, -0.2) is 48.2 Å². The van der Waals surface area contributed by atoms with Crippen LogP contribution in [0, 0.1) is 11.8 Å². The molecule has 0 aliphatic carbocycles. The number of hydrogen-bond donors (Lipinski definition) is 3. The molecule has 0 radical (unpaired) electrons. The van der Waals surface area contributed by atoms with Crippen molar-refractivity contribution in [1.29, 1.82) is 0 Å². The van der Waals surface area contributed by atoms with E-state index < -0.39 is 23.8 Å². The number of carboxylic acid groups (broad SMARTS) is 3. The summed E-state index contributed by atoms with van der Waals surface area (Å²) in [5.41, 5.74) is 4.33. The molecule has 0 saturated carbocycles. The lowest BCUT2D eigenvalue weighted by atomic mass is 9.95. The molecule has 1 atom stereocenters. The SMILES string of the molecule is CCC(CC(=O)O)Cc1cccc(-c2cc(-c3ccco3)cc(-c3cccc(CC(CC(=O)O)CC(=O)O)n3)n2)n1. The topological polar surface area (TPSA) is 164 Å². The average molecular weight is 558 g/mol. The van der Waals surface area contributed by atoms with Gasteiger partial charge in [-0.1, -0.05) is 25.5 Å². The summed E-state index contributed by atoms with van der Waals surface area (Å²) in [6, 6.07) is 18.2. The fraction of sp³-hybridized carbons (Fsp3) is 0.290. The third kappa shape index (κ3) is 8.31. The summed E-state index contributed by atoms with van der Waals surface area (Å²) in [6.07, 6.45) is 2.53. The second-order valence-electron chi connectivity index (χ2n) is 9.97. The minimum atomic E-state index is -1.06. The maximum atomic E-state index is 11.3. The number of carboxylic acids is 3. The highest BCUT2D eigenvalue weighted by Gasteiger charge is 2.19. The zero-order valence-corrected chi connectivity index (χ0v) is 22.6. The fourth-order valence-corrected chi connectivity index (χ4v) is 4.76. The number of aliphatic carboxylic acids is 3. The Morgan fingerprint density at radius 3 is 1.66 bits per heavy atom. The highest BCUT2D eigenvalue weighted by atomic mass is 16.4. The molecule has 4 heterocycles. The Kier molecular flexibility index (Phi) is 9.57. The summed E-state index contributed by atoms with van der Waals surface area (Å²) in [5, 5.41) is 27.7. The van der Waals surface area contributed by atoms with E-state index >= 15 is 0 Å². The molecule has 4 rings (SSSR count).